The molecule has 0 radical (unpaired) electrons. The lowest BCUT2D eigenvalue weighted by Gasteiger charge is -2.25. The summed E-state index contributed by atoms with van der Waals surface area (Å²) in [6.07, 6.45) is 3.95. The SMILES string of the molecule is COc1c(CC=C(C)C)c2c(c3occ(-c4ccc(O)cc4)c(=O)c13)C[C@@H](C(C)(C)O)O2. The molecule has 4 rings (SSSR count). The number of hydrogen-bond donors (Lipinski definition) is 2. The average Bonchev–Trinajstić information content (AvgIpc) is 3.19. The van der Waals surface area contributed by atoms with Crippen molar-refractivity contribution in [2.45, 2.75) is 52.2 Å². The molecule has 0 amide bonds. The first-order valence-corrected chi connectivity index (χ1v) is 10.6. The Balaban J connectivity index is 2.03. The van der Waals surface area contributed by atoms with Crippen LogP contribution in [0, 0.1) is 0 Å². The molecule has 0 saturated carbocycles. The minimum atomic E-state index is -1.07. The fourth-order valence-corrected chi connectivity index (χ4v) is 4.08. The number of methoxy groups -OCH3 is 1. The Hall–Kier alpha value is -3.25. The van der Waals surface area contributed by atoms with Gasteiger partial charge in [0.2, 0.25) is 5.43 Å². The van der Waals surface area contributed by atoms with E-state index in [1.165, 1.54) is 25.5 Å². The Morgan fingerprint density at radius 3 is 2.53 bits per heavy atom. The topological polar surface area (TPSA) is 89.1 Å². The molecule has 1 aliphatic rings. The smallest absolute Gasteiger partial charge is 0.204 e. The van der Waals surface area contributed by atoms with Gasteiger partial charge in [-0.2, -0.15) is 0 Å². The van der Waals surface area contributed by atoms with Crippen LogP contribution in [0.4, 0.5) is 0 Å². The van der Waals surface area contributed by atoms with E-state index in [4.69, 9.17) is 13.9 Å². The van der Waals surface area contributed by atoms with E-state index in [-0.39, 0.29) is 11.2 Å². The zero-order chi connectivity index (χ0) is 23.2. The molecule has 2 N–H and O–H groups in total. The van der Waals surface area contributed by atoms with Gasteiger partial charge in [0.05, 0.1) is 18.3 Å². The second-order valence-corrected chi connectivity index (χ2v) is 9.00. The third-order valence-electron chi connectivity index (χ3n) is 5.85. The van der Waals surface area contributed by atoms with Gasteiger partial charge in [-0.25, -0.2) is 0 Å². The van der Waals surface area contributed by atoms with E-state index in [2.05, 4.69) is 6.08 Å². The van der Waals surface area contributed by atoms with Crippen LogP contribution in [0.3, 0.4) is 0 Å². The molecule has 3 aromatic rings. The molecular weight excluding hydrogens is 408 g/mol. The number of fused-ring (bicyclic) bond motifs is 3. The highest BCUT2D eigenvalue weighted by molar-refractivity contribution is 5.93. The predicted octanol–water partition coefficient (Wildman–Crippen LogP) is 4.76. The molecule has 0 saturated heterocycles. The molecule has 168 valence electrons. The van der Waals surface area contributed by atoms with Gasteiger partial charge >= 0.3 is 0 Å². The van der Waals surface area contributed by atoms with E-state index in [0.717, 1.165) is 16.7 Å². The predicted molar refractivity (Wildman–Crippen MR) is 124 cm³/mol. The first kappa shape index (κ1) is 22.0. The van der Waals surface area contributed by atoms with Gasteiger partial charge in [0.15, 0.2) is 0 Å². The number of allylic oxidation sites excluding steroid dienone is 2. The van der Waals surface area contributed by atoms with Gasteiger partial charge in [-0.15, -0.1) is 0 Å². The van der Waals surface area contributed by atoms with Crippen molar-refractivity contribution in [1.29, 1.82) is 0 Å². The zero-order valence-electron chi connectivity index (χ0n) is 19.0. The Bertz CT molecular complexity index is 1250. The number of aliphatic hydroxyl groups is 1. The molecule has 0 spiro atoms. The van der Waals surface area contributed by atoms with Gasteiger partial charge in [-0.3, -0.25) is 4.79 Å². The largest absolute Gasteiger partial charge is 0.508 e. The summed E-state index contributed by atoms with van der Waals surface area (Å²) in [7, 11) is 1.53. The van der Waals surface area contributed by atoms with Crippen molar-refractivity contribution >= 4 is 11.0 Å². The van der Waals surface area contributed by atoms with Crippen molar-refractivity contribution in [2.24, 2.45) is 0 Å². The number of phenolic OH excluding ortho intramolecular Hbond substituents is 1. The number of aromatic hydroxyl groups is 1. The third kappa shape index (κ3) is 3.75. The monoisotopic (exact) mass is 436 g/mol. The van der Waals surface area contributed by atoms with Gasteiger partial charge in [0.1, 0.15) is 40.6 Å². The minimum Gasteiger partial charge on any atom is -0.508 e. The second-order valence-electron chi connectivity index (χ2n) is 9.00. The van der Waals surface area contributed by atoms with Crippen LogP contribution >= 0.6 is 0 Å². The fraction of sp³-hybridized carbons (Fsp3) is 0.346. The van der Waals surface area contributed by atoms with Crippen molar-refractivity contribution in [1.82, 2.24) is 0 Å². The Kier molecular flexibility index (Phi) is 5.51. The molecule has 0 bridgehead atoms. The zero-order valence-corrected chi connectivity index (χ0v) is 19.0. The minimum absolute atomic E-state index is 0.119. The van der Waals surface area contributed by atoms with E-state index in [0.29, 0.717) is 46.4 Å². The molecule has 1 atom stereocenters. The molecule has 2 aromatic carbocycles. The average molecular weight is 437 g/mol. The Labute approximate surface area is 186 Å². The van der Waals surface area contributed by atoms with E-state index < -0.39 is 11.7 Å². The molecule has 32 heavy (non-hydrogen) atoms. The Morgan fingerprint density at radius 2 is 1.94 bits per heavy atom. The van der Waals surface area contributed by atoms with Crippen LogP contribution < -0.4 is 14.9 Å². The van der Waals surface area contributed by atoms with Crippen LogP contribution in [-0.2, 0) is 12.8 Å². The van der Waals surface area contributed by atoms with E-state index >= 15 is 0 Å². The maximum absolute atomic E-state index is 13.7. The number of rotatable bonds is 5. The lowest BCUT2D eigenvalue weighted by atomic mass is 9.93. The van der Waals surface area contributed by atoms with Gasteiger partial charge < -0.3 is 24.1 Å². The van der Waals surface area contributed by atoms with E-state index in [1.807, 2.05) is 13.8 Å². The summed E-state index contributed by atoms with van der Waals surface area (Å²) in [5.74, 6) is 1.15. The third-order valence-corrected chi connectivity index (χ3v) is 5.85. The molecular formula is C26H28O6. The first-order chi connectivity index (χ1) is 15.1. The van der Waals surface area contributed by atoms with Crippen LogP contribution in [0.5, 0.6) is 17.2 Å². The summed E-state index contributed by atoms with van der Waals surface area (Å²) in [5, 5.41) is 20.5. The van der Waals surface area contributed by atoms with Crippen molar-refractivity contribution in [3.8, 4) is 28.4 Å². The van der Waals surface area contributed by atoms with Crippen molar-refractivity contribution in [3.05, 3.63) is 63.5 Å². The van der Waals surface area contributed by atoms with Gasteiger partial charge in [0.25, 0.3) is 0 Å². The summed E-state index contributed by atoms with van der Waals surface area (Å²) < 4.78 is 18.0. The molecule has 2 heterocycles. The lowest BCUT2D eigenvalue weighted by molar-refractivity contribution is -0.0232. The lowest BCUT2D eigenvalue weighted by Crippen LogP contribution is -2.39. The highest BCUT2D eigenvalue weighted by atomic mass is 16.5. The number of ether oxygens (including phenoxy) is 2. The standard InChI is InChI=1S/C26H28O6/c1-14(2)6-11-17-23-18(12-20(32-23)26(3,4)29)25-21(24(17)30-5)22(28)19(13-31-25)15-7-9-16(27)10-8-15/h6-10,13,20,27,29H,11-12H2,1-5H3/t20-/m0/s1. The number of benzene rings is 2. The summed E-state index contributed by atoms with van der Waals surface area (Å²) in [6, 6.07) is 6.40. The van der Waals surface area contributed by atoms with Crippen LogP contribution in [0.25, 0.3) is 22.1 Å². The normalized spacial score (nSPS) is 15.4. The van der Waals surface area contributed by atoms with Crippen LogP contribution in [0.15, 0.2) is 51.4 Å². The highest BCUT2D eigenvalue weighted by Crippen LogP contribution is 2.46. The quantitative estimate of drug-likeness (QED) is 0.561. The summed E-state index contributed by atoms with van der Waals surface area (Å²) in [6.45, 7) is 7.42. The maximum Gasteiger partial charge on any atom is 0.204 e. The summed E-state index contributed by atoms with van der Waals surface area (Å²) >= 11 is 0. The molecule has 1 aliphatic heterocycles. The van der Waals surface area contributed by atoms with E-state index in [1.54, 1.807) is 26.0 Å². The van der Waals surface area contributed by atoms with Crippen LogP contribution in [0.2, 0.25) is 0 Å². The summed E-state index contributed by atoms with van der Waals surface area (Å²) in [5.41, 5.74) is 2.79. The summed E-state index contributed by atoms with van der Waals surface area (Å²) in [4.78, 5) is 13.7. The van der Waals surface area contributed by atoms with Crippen molar-refractivity contribution < 1.29 is 24.1 Å². The molecule has 6 nitrogen and oxygen atoms in total. The molecule has 1 aromatic heterocycles. The number of phenols is 1. The van der Waals surface area contributed by atoms with Crippen molar-refractivity contribution in [3.63, 3.8) is 0 Å². The molecule has 6 heteroatoms. The highest BCUT2D eigenvalue weighted by Gasteiger charge is 2.39. The molecule has 0 aliphatic carbocycles. The van der Waals surface area contributed by atoms with Gasteiger partial charge in [-0.05, 0) is 51.8 Å². The van der Waals surface area contributed by atoms with Gasteiger partial charge in [-0.1, -0.05) is 23.8 Å². The molecule has 0 fully saturated rings. The van der Waals surface area contributed by atoms with Crippen molar-refractivity contribution in [2.75, 3.05) is 7.11 Å². The molecule has 0 unspecified atom stereocenters. The first-order valence-electron chi connectivity index (χ1n) is 10.6. The van der Waals surface area contributed by atoms with Gasteiger partial charge in [0, 0.05) is 17.5 Å². The Morgan fingerprint density at radius 1 is 1.25 bits per heavy atom. The number of hydrogen-bond acceptors (Lipinski definition) is 6. The maximum atomic E-state index is 13.7. The van der Waals surface area contributed by atoms with Crippen LogP contribution in [-0.4, -0.2) is 29.0 Å². The second kappa shape index (κ2) is 8.02. The van der Waals surface area contributed by atoms with Crippen LogP contribution in [0.1, 0.15) is 38.8 Å². The fourth-order valence-electron chi connectivity index (χ4n) is 4.08. The van der Waals surface area contributed by atoms with E-state index in [9.17, 15) is 15.0 Å².